The Labute approximate surface area is 144 Å². The number of rotatable bonds is 5. The Balaban J connectivity index is 1.61. The van der Waals surface area contributed by atoms with E-state index in [0.29, 0.717) is 6.54 Å². The minimum atomic E-state index is -0.616. The van der Waals surface area contributed by atoms with Gasteiger partial charge in [-0.3, -0.25) is 9.59 Å². The first-order valence-corrected chi connectivity index (χ1v) is 9.01. The molecule has 0 bridgehead atoms. The van der Waals surface area contributed by atoms with E-state index in [1.165, 1.54) is 5.56 Å². The lowest BCUT2D eigenvalue weighted by Crippen LogP contribution is -2.70. The molecule has 0 saturated carbocycles. The summed E-state index contributed by atoms with van der Waals surface area (Å²) in [5, 5.41) is 2.80. The number of piperazine rings is 1. The van der Waals surface area contributed by atoms with E-state index in [2.05, 4.69) is 41.4 Å². The molecule has 2 saturated heterocycles. The number of carbonyl (C=O) groups is 2. The zero-order valence-electron chi connectivity index (χ0n) is 14.5. The van der Waals surface area contributed by atoms with Crippen LogP contribution in [0.5, 0.6) is 0 Å². The van der Waals surface area contributed by atoms with Crippen LogP contribution in [0.2, 0.25) is 0 Å². The summed E-state index contributed by atoms with van der Waals surface area (Å²) in [6.45, 7) is 5.63. The monoisotopic (exact) mass is 329 g/mol. The van der Waals surface area contributed by atoms with Crippen molar-refractivity contribution in [3.8, 4) is 0 Å². The predicted molar refractivity (Wildman–Crippen MR) is 93.6 cm³/mol. The van der Waals surface area contributed by atoms with E-state index >= 15 is 0 Å². The second kappa shape index (κ2) is 7.34. The topological polar surface area (TPSA) is 52.7 Å². The lowest BCUT2D eigenvalue weighted by atomic mass is 9.82. The van der Waals surface area contributed by atoms with Crippen molar-refractivity contribution in [2.75, 3.05) is 32.7 Å². The minimum Gasteiger partial charge on any atom is -0.345 e. The van der Waals surface area contributed by atoms with Crippen LogP contribution in [0.15, 0.2) is 30.3 Å². The molecular weight excluding hydrogens is 302 g/mol. The lowest BCUT2D eigenvalue weighted by Gasteiger charge is -2.49. The predicted octanol–water partition coefficient (Wildman–Crippen LogP) is 1.43. The van der Waals surface area contributed by atoms with Gasteiger partial charge in [0.1, 0.15) is 5.54 Å². The van der Waals surface area contributed by atoms with E-state index < -0.39 is 5.54 Å². The van der Waals surface area contributed by atoms with Crippen LogP contribution in [-0.4, -0.2) is 59.9 Å². The quantitative estimate of drug-likeness (QED) is 0.889. The summed E-state index contributed by atoms with van der Waals surface area (Å²) in [6, 6.07) is 10.5. The van der Waals surface area contributed by atoms with Crippen LogP contribution in [0.1, 0.15) is 31.7 Å². The van der Waals surface area contributed by atoms with Crippen LogP contribution in [0.25, 0.3) is 0 Å². The van der Waals surface area contributed by atoms with Crippen molar-refractivity contribution in [2.45, 2.75) is 38.1 Å². The highest BCUT2D eigenvalue weighted by atomic mass is 16.2. The maximum atomic E-state index is 12.6. The highest BCUT2D eigenvalue weighted by Crippen LogP contribution is 2.31. The zero-order valence-corrected chi connectivity index (χ0v) is 14.5. The molecule has 1 aromatic rings. The largest absolute Gasteiger partial charge is 0.345 e. The number of nitrogens with one attached hydrogen (secondary N) is 1. The fraction of sp³-hybridized carbons (Fsp3) is 0.579. The Bertz CT molecular complexity index is 580. The van der Waals surface area contributed by atoms with Gasteiger partial charge in [-0.1, -0.05) is 37.3 Å². The van der Waals surface area contributed by atoms with E-state index in [4.69, 9.17) is 0 Å². The average molecular weight is 329 g/mol. The first-order valence-electron chi connectivity index (χ1n) is 9.01. The van der Waals surface area contributed by atoms with E-state index in [-0.39, 0.29) is 18.4 Å². The molecule has 2 fully saturated rings. The van der Waals surface area contributed by atoms with Gasteiger partial charge in [0.2, 0.25) is 11.8 Å². The molecule has 0 atom stereocenters. The highest BCUT2D eigenvalue weighted by Gasteiger charge is 2.50. The zero-order chi connectivity index (χ0) is 17.0. The fourth-order valence-corrected chi connectivity index (χ4v) is 3.91. The van der Waals surface area contributed by atoms with E-state index in [9.17, 15) is 9.59 Å². The van der Waals surface area contributed by atoms with Crippen molar-refractivity contribution in [1.82, 2.24) is 15.1 Å². The lowest BCUT2D eigenvalue weighted by molar-refractivity contribution is -0.157. The molecule has 24 heavy (non-hydrogen) atoms. The fourth-order valence-electron chi connectivity index (χ4n) is 3.91. The van der Waals surface area contributed by atoms with Crippen molar-refractivity contribution in [2.24, 2.45) is 0 Å². The molecule has 0 unspecified atom stereocenters. The summed E-state index contributed by atoms with van der Waals surface area (Å²) in [5.74, 6) is 0.104. The molecule has 5 nitrogen and oxygen atoms in total. The SMILES string of the molecule is CCCN1C(=O)CNC(=O)C12CCN(CCc1ccccc1)CC2. The van der Waals surface area contributed by atoms with Gasteiger partial charge >= 0.3 is 0 Å². The molecule has 1 N–H and O–H groups in total. The number of hydrogen-bond donors (Lipinski definition) is 1. The third kappa shape index (κ3) is 3.31. The van der Waals surface area contributed by atoms with Gasteiger partial charge in [0.25, 0.3) is 0 Å². The van der Waals surface area contributed by atoms with Crippen LogP contribution in [0, 0.1) is 0 Å². The van der Waals surface area contributed by atoms with Gasteiger partial charge in [-0.2, -0.15) is 0 Å². The van der Waals surface area contributed by atoms with Crippen molar-refractivity contribution < 1.29 is 9.59 Å². The maximum Gasteiger partial charge on any atom is 0.246 e. The van der Waals surface area contributed by atoms with Crippen LogP contribution in [0.3, 0.4) is 0 Å². The van der Waals surface area contributed by atoms with Crippen molar-refractivity contribution in [3.05, 3.63) is 35.9 Å². The van der Waals surface area contributed by atoms with Gasteiger partial charge < -0.3 is 15.1 Å². The summed E-state index contributed by atoms with van der Waals surface area (Å²) in [5.41, 5.74) is 0.727. The molecule has 1 aromatic carbocycles. The Morgan fingerprint density at radius 1 is 1.08 bits per heavy atom. The average Bonchev–Trinajstić information content (AvgIpc) is 2.62. The molecule has 2 aliphatic rings. The van der Waals surface area contributed by atoms with Crippen LogP contribution in [-0.2, 0) is 16.0 Å². The van der Waals surface area contributed by atoms with Gasteiger partial charge in [0.05, 0.1) is 6.54 Å². The summed E-state index contributed by atoms with van der Waals surface area (Å²) < 4.78 is 0. The molecule has 2 amide bonds. The van der Waals surface area contributed by atoms with Crippen molar-refractivity contribution in [3.63, 3.8) is 0 Å². The molecule has 1 spiro atoms. The molecule has 130 valence electrons. The molecule has 2 heterocycles. The van der Waals surface area contributed by atoms with Gasteiger partial charge in [-0.15, -0.1) is 0 Å². The Morgan fingerprint density at radius 2 is 1.79 bits per heavy atom. The van der Waals surface area contributed by atoms with Gasteiger partial charge in [0, 0.05) is 26.2 Å². The molecule has 2 aliphatic heterocycles. The highest BCUT2D eigenvalue weighted by molar-refractivity contribution is 5.98. The third-order valence-corrected chi connectivity index (χ3v) is 5.33. The number of amides is 2. The summed E-state index contributed by atoms with van der Waals surface area (Å²) in [4.78, 5) is 29.1. The molecule has 5 heteroatoms. The van der Waals surface area contributed by atoms with Gasteiger partial charge in [0.15, 0.2) is 0 Å². The number of nitrogens with zero attached hydrogens (tertiary/aromatic N) is 2. The summed E-state index contributed by atoms with van der Waals surface area (Å²) >= 11 is 0. The summed E-state index contributed by atoms with van der Waals surface area (Å²) in [7, 11) is 0. The molecule has 0 aliphatic carbocycles. The van der Waals surface area contributed by atoms with Gasteiger partial charge in [-0.25, -0.2) is 0 Å². The molecule has 0 aromatic heterocycles. The van der Waals surface area contributed by atoms with Crippen LogP contribution in [0.4, 0.5) is 0 Å². The number of hydrogen-bond acceptors (Lipinski definition) is 3. The standard InChI is InChI=1S/C19H27N3O2/c1-2-11-22-17(23)15-20-18(24)19(22)9-13-21(14-10-19)12-8-16-6-4-3-5-7-16/h3-7H,2,8-15H2,1H3,(H,20,24). The van der Waals surface area contributed by atoms with Crippen molar-refractivity contribution >= 4 is 11.8 Å². The second-order valence-corrected chi connectivity index (χ2v) is 6.84. The molecular formula is C19H27N3O2. The Hall–Kier alpha value is -1.88. The normalized spacial score (nSPS) is 21.1. The van der Waals surface area contributed by atoms with E-state index in [0.717, 1.165) is 45.3 Å². The molecule has 0 radical (unpaired) electrons. The van der Waals surface area contributed by atoms with Crippen molar-refractivity contribution in [1.29, 1.82) is 0 Å². The van der Waals surface area contributed by atoms with E-state index in [1.807, 2.05) is 11.0 Å². The van der Waals surface area contributed by atoms with E-state index in [1.54, 1.807) is 0 Å². The Kier molecular flexibility index (Phi) is 5.19. The number of likely N-dealkylation sites (tertiary alicyclic amines) is 1. The number of carbonyl (C=O) groups excluding carboxylic acids is 2. The molecule has 3 rings (SSSR count). The minimum absolute atomic E-state index is 0.0401. The first kappa shape index (κ1) is 17.0. The van der Waals surface area contributed by atoms with Crippen LogP contribution >= 0.6 is 0 Å². The number of benzene rings is 1. The first-order chi connectivity index (χ1) is 11.7. The second-order valence-electron chi connectivity index (χ2n) is 6.84. The third-order valence-electron chi connectivity index (χ3n) is 5.33. The van der Waals surface area contributed by atoms with Gasteiger partial charge in [-0.05, 0) is 31.2 Å². The number of piperidine rings is 1. The summed E-state index contributed by atoms with van der Waals surface area (Å²) in [6.07, 6.45) is 3.38. The smallest absolute Gasteiger partial charge is 0.246 e. The van der Waals surface area contributed by atoms with Crippen LogP contribution < -0.4 is 5.32 Å². The maximum absolute atomic E-state index is 12.6. The Morgan fingerprint density at radius 3 is 2.46 bits per heavy atom.